The smallest absolute Gasteiger partial charge is 0.427 e. The molecule has 2 rings (SSSR count). The van der Waals surface area contributed by atoms with E-state index < -0.39 is 21.7 Å². The number of rotatable bonds is 5. The van der Waals surface area contributed by atoms with Crippen molar-refractivity contribution in [2.24, 2.45) is 0 Å². The van der Waals surface area contributed by atoms with Gasteiger partial charge in [0.15, 0.2) is 0 Å². The molecule has 0 aliphatic carbocycles. The van der Waals surface area contributed by atoms with Crippen LogP contribution in [0.1, 0.15) is 11.6 Å². The number of halogens is 3. The average molecular weight is 335 g/mol. The molecule has 22 heavy (non-hydrogen) atoms. The van der Waals surface area contributed by atoms with Crippen molar-refractivity contribution in [2.75, 3.05) is 13.7 Å². The van der Waals surface area contributed by atoms with Crippen molar-refractivity contribution >= 4 is 17.7 Å². The highest BCUT2D eigenvalue weighted by Crippen LogP contribution is 2.33. The summed E-state index contributed by atoms with van der Waals surface area (Å²) in [6, 6.07) is 8.50. The van der Waals surface area contributed by atoms with Crippen LogP contribution in [0.15, 0.2) is 42.2 Å². The highest BCUT2D eigenvalue weighted by Gasteiger charge is 2.49. The molecule has 1 aliphatic rings. The van der Waals surface area contributed by atoms with Gasteiger partial charge in [-0.15, -0.1) is 0 Å². The third kappa shape index (κ3) is 3.62. The van der Waals surface area contributed by atoms with E-state index in [2.05, 4.69) is 4.18 Å². The number of benzene rings is 1. The van der Waals surface area contributed by atoms with Crippen LogP contribution in [0.4, 0.5) is 13.2 Å². The van der Waals surface area contributed by atoms with Gasteiger partial charge < -0.3 is 13.6 Å². The monoisotopic (exact) mass is 335 g/mol. The summed E-state index contributed by atoms with van der Waals surface area (Å²) >= 11 is 0. The molecule has 0 saturated heterocycles. The van der Waals surface area contributed by atoms with E-state index in [1.54, 1.807) is 35.1 Å². The largest absolute Gasteiger partial charge is 0.534 e. The van der Waals surface area contributed by atoms with Crippen LogP contribution in [0, 0.1) is 0 Å². The number of alkyl halides is 3. The van der Waals surface area contributed by atoms with Crippen LogP contribution in [0.25, 0.3) is 0 Å². The second-order valence-electron chi connectivity index (χ2n) is 4.64. The zero-order chi connectivity index (χ0) is 16.4. The Kier molecular flexibility index (Phi) is 4.83. The molecule has 1 aliphatic heterocycles. The minimum atomic E-state index is -5.66. The molecule has 1 aromatic carbocycles. The van der Waals surface area contributed by atoms with Crippen molar-refractivity contribution in [3.63, 3.8) is 0 Å². The molecule has 0 N–H and O–H groups in total. The van der Waals surface area contributed by atoms with E-state index in [-0.39, 0.29) is 19.9 Å². The van der Waals surface area contributed by atoms with Crippen LogP contribution in [-0.4, -0.2) is 40.0 Å². The van der Waals surface area contributed by atoms with Crippen LogP contribution in [0.3, 0.4) is 0 Å². The summed E-state index contributed by atoms with van der Waals surface area (Å²) in [6.07, 6.45) is 1.34. The SMILES string of the molecule is COBN1CC(OS(=O)(=O)C(F)(F)F)=C[C@H]1c1ccccc1. The molecule has 1 heterocycles. The van der Waals surface area contributed by atoms with Gasteiger partial charge in [-0.05, 0) is 11.6 Å². The van der Waals surface area contributed by atoms with Crippen molar-refractivity contribution in [2.45, 2.75) is 11.6 Å². The van der Waals surface area contributed by atoms with E-state index in [0.29, 0.717) is 0 Å². The Hall–Kier alpha value is -1.52. The Balaban J connectivity index is 2.24. The molecule has 0 saturated carbocycles. The second-order valence-corrected chi connectivity index (χ2v) is 6.17. The van der Waals surface area contributed by atoms with Gasteiger partial charge in [-0.25, -0.2) is 0 Å². The summed E-state index contributed by atoms with van der Waals surface area (Å²) in [6.45, 7) is -0.0945. The third-order valence-electron chi connectivity index (χ3n) is 3.03. The van der Waals surface area contributed by atoms with E-state index in [1.165, 1.54) is 13.2 Å². The highest BCUT2D eigenvalue weighted by atomic mass is 32.2. The molecule has 0 spiro atoms. The Morgan fingerprint density at radius 1 is 1.27 bits per heavy atom. The maximum absolute atomic E-state index is 12.4. The normalized spacial score (nSPS) is 19.8. The van der Waals surface area contributed by atoms with Gasteiger partial charge in [-0.3, -0.25) is 0 Å². The van der Waals surface area contributed by atoms with Gasteiger partial charge in [0.25, 0.3) is 0 Å². The van der Waals surface area contributed by atoms with Crippen LogP contribution in [0.2, 0.25) is 0 Å². The summed E-state index contributed by atoms with van der Waals surface area (Å²) in [5, 5.41) is 0. The average Bonchev–Trinajstić information content (AvgIpc) is 2.81. The zero-order valence-electron chi connectivity index (χ0n) is 11.6. The molecule has 0 bridgehead atoms. The third-order valence-corrected chi connectivity index (χ3v) is 4.03. The fraction of sp³-hybridized carbons (Fsp3) is 0.333. The van der Waals surface area contributed by atoms with Crippen molar-refractivity contribution in [3.8, 4) is 0 Å². The first-order valence-corrected chi connectivity index (χ1v) is 7.65. The lowest BCUT2D eigenvalue weighted by molar-refractivity contribution is -0.0522. The minimum Gasteiger partial charge on any atom is -0.427 e. The van der Waals surface area contributed by atoms with Gasteiger partial charge in [0, 0.05) is 19.7 Å². The number of nitrogens with zero attached hydrogens (tertiary/aromatic N) is 1. The van der Waals surface area contributed by atoms with Crippen molar-refractivity contribution < 1.29 is 30.4 Å². The summed E-state index contributed by atoms with van der Waals surface area (Å²) in [4.78, 5) is 1.65. The molecule has 0 fully saturated rings. The highest BCUT2D eigenvalue weighted by molar-refractivity contribution is 7.87. The van der Waals surface area contributed by atoms with Crippen molar-refractivity contribution in [3.05, 3.63) is 47.7 Å². The summed E-state index contributed by atoms with van der Waals surface area (Å²) in [7, 11) is -4.10. The zero-order valence-corrected chi connectivity index (χ0v) is 12.4. The summed E-state index contributed by atoms with van der Waals surface area (Å²) < 4.78 is 68.5. The summed E-state index contributed by atoms with van der Waals surface area (Å²) in [5.41, 5.74) is -4.66. The Morgan fingerprint density at radius 3 is 2.45 bits per heavy atom. The Morgan fingerprint density at radius 2 is 1.91 bits per heavy atom. The van der Waals surface area contributed by atoms with Gasteiger partial charge in [0.1, 0.15) is 5.76 Å². The first kappa shape index (κ1) is 16.8. The molecule has 0 unspecified atom stereocenters. The topological polar surface area (TPSA) is 55.8 Å². The van der Waals surface area contributed by atoms with Gasteiger partial charge in [0.2, 0.25) is 0 Å². The Labute approximate surface area is 126 Å². The predicted molar refractivity (Wildman–Crippen MR) is 74.2 cm³/mol. The molecule has 0 aromatic heterocycles. The lowest BCUT2D eigenvalue weighted by atomic mass is 10.0. The quantitative estimate of drug-likeness (QED) is 0.466. The fourth-order valence-corrected chi connectivity index (χ4v) is 2.61. The van der Waals surface area contributed by atoms with Crippen molar-refractivity contribution in [1.29, 1.82) is 0 Å². The van der Waals surface area contributed by atoms with Crippen LogP contribution < -0.4 is 0 Å². The first-order valence-electron chi connectivity index (χ1n) is 6.24. The molecule has 0 radical (unpaired) electrons. The van der Waals surface area contributed by atoms with Gasteiger partial charge >= 0.3 is 23.2 Å². The first-order chi connectivity index (χ1) is 10.2. The molecule has 0 amide bonds. The standard InChI is InChI=1S/C12H13BF3NO4S/c1-20-13-17-8-10(21-22(18,19)12(14,15)16)7-11(17)9-5-3-2-4-6-9/h2-7,11,13H,8H2,1H3/t11-/m0/s1. The molecule has 1 aromatic rings. The molecule has 120 valence electrons. The lowest BCUT2D eigenvalue weighted by Crippen LogP contribution is -2.31. The van der Waals surface area contributed by atoms with E-state index in [1.807, 2.05) is 0 Å². The maximum Gasteiger partial charge on any atom is 0.534 e. The maximum atomic E-state index is 12.4. The number of hydrogen-bond donors (Lipinski definition) is 0. The van der Waals surface area contributed by atoms with E-state index in [9.17, 15) is 21.6 Å². The van der Waals surface area contributed by atoms with Crippen LogP contribution >= 0.6 is 0 Å². The second kappa shape index (κ2) is 6.31. The van der Waals surface area contributed by atoms with Gasteiger partial charge in [-0.2, -0.15) is 21.6 Å². The lowest BCUT2D eigenvalue weighted by Gasteiger charge is -2.22. The van der Waals surface area contributed by atoms with E-state index in [4.69, 9.17) is 4.65 Å². The van der Waals surface area contributed by atoms with E-state index >= 15 is 0 Å². The molecule has 1 atom stereocenters. The van der Waals surface area contributed by atoms with Crippen molar-refractivity contribution in [1.82, 2.24) is 4.81 Å². The fourth-order valence-electron chi connectivity index (χ4n) is 2.12. The van der Waals surface area contributed by atoms with E-state index in [0.717, 1.165) is 5.56 Å². The minimum absolute atomic E-state index is 0.0945. The number of hydrogen-bond acceptors (Lipinski definition) is 5. The summed E-state index contributed by atoms with van der Waals surface area (Å²) in [5.74, 6) is -0.275. The molecular formula is C12H13BF3NO4S. The molecule has 5 nitrogen and oxygen atoms in total. The Bertz CT molecular complexity index is 648. The van der Waals surface area contributed by atoms with Gasteiger partial charge in [0.05, 0.1) is 0 Å². The molecular weight excluding hydrogens is 322 g/mol. The predicted octanol–water partition coefficient (Wildman–Crippen LogP) is 1.71. The van der Waals surface area contributed by atoms with Gasteiger partial charge in [-0.1, -0.05) is 30.3 Å². The van der Waals surface area contributed by atoms with Crippen LogP contribution in [0.5, 0.6) is 0 Å². The molecule has 10 heteroatoms. The van der Waals surface area contributed by atoms with Crippen LogP contribution in [-0.2, 0) is 19.0 Å².